The van der Waals surface area contributed by atoms with Gasteiger partial charge in [-0.1, -0.05) is 111 Å². The molecular weight excluding hydrogens is 1920 g/mol. The molecule has 0 spiro atoms. The van der Waals surface area contributed by atoms with Gasteiger partial charge in [0.1, 0.15) is 87.3 Å². The fraction of sp³-hybridized carbons (Fsp3) is 0.759. The number of Topliss-reactive ketones (excluding diaryl/α,β-unsaturated/α-hetero) is 4. The van der Waals surface area contributed by atoms with Crippen LogP contribution in [0.15, 0.2) is 48.5 Å². The van der Waals surface area contributed by atoms with Crippen molar-refractivity contribution >= 4 is 83.2 Å². The van der Waals surface area contributed by atoms with Gasteiger partial charge in [-0.3, -0.25) is 19.2 Å². The van der Waals surface area contributed by atoms with Gasteiger partial charge in [0.05, 0.1) is 33.3 Å². The SMILES string of the molecule is C.C.C.C.C[C@@]1(O)CC[C@@]2(C)[C@H](CC[C@@H]3[C@@H]2CC[C@]2(C)[C@@H](C(=O)CBr)CC[C@@H]32)C1.C[C@@]1(O)CC[C@@]2(C)[C@H](CC[C@@H]3[C@@H]2CC[C@]2(C)[C@@H](C(=O)Cn4nc5cc(F)cc(F)c5n4)CC[C@@H]32)C1.C[C@@]1(O)CC[C@@]2(C)[C@H](CC[C@@H]3[C@@H]2CC[C@]2(C)[C@@H](C(=O)Cn4nnc5c(F)cc(F)cc54)CC[C@@H]32)C1.C[C@@]1(O)CC[C@@]2(C)[C@H](CC[C@@H]3[C@@H]2CC[C@]2(C)[C@@H](C(=O)Cn4nnc5cc(F)cc(F)c54)CC[C@@H]32)C1.Fc1cc(F)c2n[nH]nc2c1. The van der Waals surface area contributed by atoms with Crippen molar-refractivity contribution in [1.29, 1.82) is 0 Å². The first-order valence-corrected chi connectivity index (χ1v) is 54.9. The maximum atomic E-state index is 14.5. The largest absolute Gasteiger partial charge is 0.390 e. The van der Waals surface area contributed by atoms with Crippen LogP contribution in [-0.2, 0) is 38.8 Å². The van der Waals surface area contributed by atoms with E-state index in [1.807, 2.05) is 27.7 Å². The Hall–Kier alpha value is -7.08. The molecule has 16 fully saturated rings. The monoisotopic (exact) mass is 2090 g/mol. The van der Waals surface area contributed by atoms with Crippen molar-refractivity contribution in [2.45, 2.75) is 386 Å². The van der Waals surface area contributed by atoms with Crippen LogP contribution in [0, 0.1) is 208 Å². The van der Waals surface area contributed by atoms with Crippen LogP contribution in [0.5, 0.6) is 0 Å². The number of aromatic amines is 1. The van der Waals surface area contributed by atoms with Gasteiger partial charge in [0.25, 0.3) is 0 Å². The zero-order chi connectivity index (χ0) is 100. The molecule has 8 aromatic rings. The number of carbonyl (C=O) groups is 4. The molecule has 0 amide bonds. The number of aromatic nitrogens is 12. The minimum Gasteiger partial charge on any atom is -0.390 e. The van der Waals surface area contributed by atoms with Crippen molar-refractivity contribution in [2.24, 2.45) is 162 Å². The lowest BCUT2D eigenvalue weighted by molar-refractivity contribution is -0.151. The number of ketones is 4. The fourth-order valence-electron chi connectivity index (χ4n) is 36.9. The van der Waals surface area contributed by atoms with E-state index in [4.69, 9.17) is 0 Å². The number of fused-ring (bicyclic) bond motifs is 24. The van der Waals surface area contributed by atoms with Crippen LogP contribution < -0.4 is 0 Å². The average Bonchev–Trinajstić information content (AvgIpc) is 1.65. The molecule has 29 heteroatoms. The molecule has 0 radical (unpaired) electrons. The standard InChI is InChI=1S/3C28H37F2N3O2.C22H35BrO2.C6H3F2N3.4CH4/c1-26(35)10-11-27(2)16(14-26)4-5-18-19-6-7-21(28(19,3)9-8-20(18)27)24(34)15-33-23-13-17(29)12-22(30)25(23)31-32-33;1-26(35)10-11-27(2)16(14-26)4-5-18-19-6-7-21(28(19,3)9-8-20(18)27)24(34)15-33-25-22(30)12-17(29)13-23(25)31-32-33;1-26(35)10-11-27(2)16(14-26)4-5-18-19-6-7-21(28(19,3)9-8-20(18)27)24(34)15-33-31-23-13-17(29)12-22(30)25(23)32-33;1-20(25)10-11-21(2)14(12-20)4-5-15-16-6-7-18(19(24)13-23)22(16,3)9-8-17(15)21;7-3-1-4(8)6-5(2-3)9-11-10-6;;;;/h3*12-13,16,18-21,35H,4-11,14-15H2,1-3H3;14-18,25H,4-13H2,1-3H3;1-2H,(H,9,10,11);4*1H4/t3*16-,18+,19+,20+,21-,26-,27+,28+;14-,15+,16+,17+,18-,20-,21+,22+;;;;;/m1111...../s1. The molecule has 16 saturated carbocycles. The number of nitrogens with zero attached hydrogens (tertiary/aromatic N) is 11. The van der Waals surface area contributed by atoms with E-state index in [1.54, 1.807) is 0 Å². The molecular formula is C116H165BrF8N12O8. The Balaban J connectivity index is 0.000000133. The maximum Gasteiger partial charge on any atom is 0.159 e. The van der Waals surface area contributed by atoms with Gasteiger partial charge in [-0.2, -0.15) is 25.3 Å². The lowest BCUT2D eigenvalue weighted by atomic mass is 9.44. The van der Waals surface area contributed by atoms with Gasteiger partial charge in [0.15, 0.2) is 40.6 Å². The first kappa shape index (κ1) is 111. The number of aliphatic hydroxyl groups is 4. The van der Waals surface area contributed by atoms with Crippen molar-refractivity contribution in [3.8, 4) is 0 Å². The first-order chi connectivity index (χ1) is 66.5. The lowest BCUT2D eigenvalue weighted by Crippen LogP contribution is -2.55. The zero-order valence-corrected chi connectivity index (χ0v) is 86.3. The van der Waals surface area contributed by atoms with Crippen molar-refractivity contribution in [3.63, 3.8) is 0 Å². The van der Waals surface area contributed by atoms with Crippen LogP contribution >= 0.6 is 15.9 Å². The molecule has 800 valence electrons. The van der Waals surface area contributed by atoms with Crippen LogP contribution in [0.1, 0.15) is 344 Å². The second kappa shape index (κ2) is 40.2. The zero-order valence-electron chi connectivity index (χ0n) is 84.7. The summed E-state index contributed by atoms with van der Waals surface area (Å²) < 4.78 is 111. The fourth-order valence-corrected chi connectivity index (χ4v) is 37.3. The molecule has 24 rings (SSSR count). The van der Waals surface area contributed by atoms with Crippen molar-refractivity contribution < 1.29 is 74.7 Å². The minimum absolute atomic E-state index is 0. The second-order valence-corrected chi connectivity index (χ2v) is 52.3. The molecule has 0 aliphatic heterocycles. The van der Waals surface area contributed by atoms with Gasteiger partial charge in [0, 0.05) is 72.2 Å². The summed E-state index contributed by atoms with van der Waals surface area (Å²) in [6, 6.07) is 7.82. The van der Waals surface area contributed by atoms with Crippen LogP contribution in [0.3, 0.4) is 0 Å². The molecule has 4 aromatic heterocycles. The number of halogens is 9. The smallest absolute Gasteiger partial charge is 0.159 e. The average molecular weight is 2090 g/mol. The van der Waals surface area contributed by atoms with Gasteiger partial charge < -0.3 is 20.4 Å². The molecule has 5 N–H and O–H groups in total. The third kappa shape index (κ3) is 19.3. The molecule has 0 saturated heterocycles. The number of rotatable bonds is 11. The topological polar surface area (TPSA) is 283 Å². The molecule has 0 unspecified atom stereocenters. The number of benzene rings is 4. The summed E-state index contributed by atoms with van der Waals surface area (Å²) >= 11 is 3.43. The number of hydrogen-bond acceptors (Lipinski definition) is 16. The van der Waals surface area contributed by atoms with Crippen LogP contribution in [0.4, 0.5) is 35.1 Å². The van der Waals surface area contributed by atoms with E-state index in [0.717, 1.165) is 214 Å². The highest BCUT2D eigenvalue weighted by molar-refractivity contribution is 9.09. The summed E-state index contributed by atoms with van der Waals surface area (Å²) in [5.41, 5.74) is 0.327. The Labute approximate surface area is 861 Å². The van der Waals surface area contributed by atoms with E-state index < -0.39 is 68.9 Å². The Morgan fingerprint density at radius 3 is 1.03 bits per heavy atom. The third-order valence-electron chi connectivity index (χ3n) is 44.3. The summed E-state index contributed by atoms with van der Waals surface area (Å²) in [6.07, 6.45) is 39.1. The summed E-state index contributed by atoms with van der Waals surface area (Å²) in [7, 11) is 0. The summed E-state index contributed by atoms with van der Waals surface area (Å²) in [6.45, 7) is 27.5. The van der Waals surface area contributed by atoms with Crippen LogP contribution in [-0.4, -0.2) is 132 Å². The number of carbonyl (C=O) groups excluding carboxylic acids is 4. The predicted octanol–water partition coefficient (Wildman–Crippen LogP) is 26.2. The lowest BCUT2D eigenvalue weighted by Gasteiger charge is -2.61. The molecule has 4 heterocycles. The van der Waals surface area contributed by atoms with E-state index >= 15 is 0 Å². The van der Waals surface area contributed by atoms with Gasteiger partial charge in [-0.25, -0.2) is 44.5 Å². The Kier molecular flexibility index (Phi) is 30.6. The van der Waals surface area contributed by atoms with E-state index in [1.165, 1.54) is 97.3 Å². The van der Waals surface area contributed by atoms with Gasteiger partial charge in [0.2, 0.25) is 0 Å². The number of nitrogens with one attached hydrogen (secondary N) is 1. The summed E-state index contributed by atoms with van der Waals surface area (Å²) in [5.74, 6) is 5.69. The van der Waals surface area contributed by atoms with Crippen molar-refractivity contribution in [3.05, 3.63) is 95.1 Å². The highest BCUT2D eigenvalue weighted by Crippen LogP contribution is 2.74. The Bertz CT molecular complexity index is 6100. The van der Waals surface area contributed by atoms with Crippen LogP contribution in [0.25, 0.3) is 44.1 Å². The van der Waals surface area contributed by atoms with E-state index in [0.29, 0.717) is 110 Å². The molecule has 32 atom stereocenters. The molecule has 20 nitrogen and oxygen atoms in total. The minimum atomic E-state index is -0.752. The van der Waals surface area contributed by atoms with E-state index in [9.17, 15) is 74.7 Å². The Morgan fingerprint density at radius 2 is 0.641 bits per heavy atom. The number of alkyl halides is 1. The van der Waals surface area contributed by atoms with Crippen LogP contribution in [0.2, 0.25) is 0 Å². The number of hydrogen-bond donors (Lipinski definition) is 5. The molecule has 0 bridgehead atoms. The summed E-state index contributed by atoms with van der Waals surface area (Å²) in [4.78, 5) is 54.5. The second-order valence-electron chi connectivity index (χ2n) is 51.7. The predicted molar refractivity (Wildman–Crippen MR) is 550 cm³/mol. The van der Waals surface area contributed by atoms with E-state index in [2.05, 4.69) is 118 Å². The molecule has 16 aliphatic carbocycles. The van der Waals surface area contributed by atoms with E-state index in [-0.39, 0.29) is 156 Å². The highest BCUT2D eigenvalue weighted by Gasteiger charge is 2.68. The molecule has 16 aliphatic rings. The van der Waals surface area contributed by atoms with Crippen molar-refractivity contribution in [1.82, 2.24) is 60.4 Å². The Morgan fingerprint density at radius 1 is 0.324 bits per heavy atom. The highest BCUT2D eigenvalue weighted by atomic mass is 79.9. The molecule has 145 heavy (non-hydrogen) atoms. The molecule has 4 aromatic carbocycles. The number of H-pyrrole nitrogens is 1. The van der Waals surface area contributed by atoms with Crippen molar-refractivity contribution in [2.75, 3.05) is 5.33 Å². The van der Waals surface area contributed by atoms with Gasteiger partial charge in [-0.05, 0) is 397 Å². The maximum absolute atomic E-state index is 14.5. The first-order valence-electron chi connectivity index (χ1n) is 53.8. The van der Waals surface area contributed by atoms with Gasteiger partial charge in [-0.15, -0.1) is 15.3 Å². The third-order valence-corrected chi connectivity index (χ3v) is 44.8. The summed E-state index contributed by atoms with van der Waals surface area (Å²) in [5, 5.41) is 76.5. The van der Waals surface area contributed by atoms with Gasteiger partial charge >= 0.3 is 0 Å². The normalized spacial score (nSPS) is 41.4. The quantitative estimate of drug-likeness (QED) is 0.0594.